The van der Waals surface area contributed by atoms with Crippen LogP contribution in [0.4, 0.5) is 0 Å². The van der Waals surface area contributed by atoms with E-state index in [4.69, 9.17) is 9.47 Å². The molecular formula is C13H28O2. The van der Waals surface area contributed by atoms with Crippen LogP contribution in [0.5, 0.6) is 0 Å². The summed E-state index contributed by atoms with van der Waals surface area (Å²) in [6, 6.07) is 0. The van der Waals surface area contributed by atoms with Crippen LogP contribution in [0.25, 0.3) is 0 Å². The molecule has 0 saturated heterocycles. The second kappa shape index (κ2) is 8.12. The van der Waals surface area contributed by atoms with Gasteiger partial charge in [-0.15, -0.1) is 0 Å². The molecule has 0 aliphatic carbocycles. The van der Waals surface area contributed by atoms with E-state index in [1.807, 2.05) is 7.11 Å². The van der Waals surface area contributed by atoms with Crippen molar-refractivity contribution in [1.29, 1.82) is 0 Å². The Balaban J connectivity index is 4.42. The summed E-state index contributed by atoms with van der Waals surface area (Å²) >= 11 is 0. The maximum atomic E-state index is 5.66. The van der Waals surface area contributed by atoms with Crippen LogP contribution >= 0.6 is 0 Å². The number of ether oxygens (including phenoxy) is 2. The lowest BCUT2D eigenvalue weighted by molar-refractivity contribution is -0.0363. The van der Waals surface area contributed by atoms with Gasteiger partial charge in [0.2, 0.25) is 0 Å². The third-order valence-electron chi connectivity index (χ3n) is 3.21. The average Bonchev–Trinajstić information content (AvgIpc) is 2.18. The van der Waals surface area contributed by atoms with Crippen LogP contribution in [-0.4, -0.2) is 26.9 Å². The maximum Gasteiger partial charge on any atom is 0.0649 e. The first kappa shape index (κ1) is 14.9. The molecule has 0 aliphatic rings. The van der Waals surface area contributed by atoms with Gasteiger partial charge in [0, 0.05) is 20.1 Å². The zero-order chi connectivity index (χ0) is 11.8. The van der Waals surface area contributed by atoms with Crippen LogP contribution in [0.3, 0.4) is 0 Å². The van der Waals surface area contributed by atoms with Gasteiger partial charge in [-0.05, 0) is 18.3 Å². The van der Waals surface area contributed by atoms with Crippen molar-refractivity contribution in [2.75, 3.05) is 20.8 Å². The van der Waals surface area contributed by atoms with Crippen LogP contribution in [0.2, 0.25) is 0 Å². The highest BCUT2D eigenvalue weighted by Gasteiger charge is 2.28. The van der Waals surface area contributed by atoms with E-state index in [0.29, 0.717) is 23.9 Å². The van der Waals surface area contributed by atoms with E-state index in [1.165, 1.54) is 12.8 Å². The van der Waals surface area contributed by atoms with Crippen molar-refractivity contribution in [3.8, 4) is 0 Å². The van der Waals surface area contributed by atoms with Crippen LogP contribution in [0.1, 0.15) is 40.5 Å². The SMILES string of the molecule is CCCC(C)C(OC)C(COC)C(C)C. The van der Waals surface area contributed by atoms with Gasteiger partial charge in [0.25, 0.3) is 0 Å². The van der Waals surface area contributed by atoms with Crippen molar-refractivity contribution in [2.45, 2.75) is 46.6 Å². The van der Waals surface area contributed by atoms with Crippen molar-refractivity contribution in [1.82, 2.24) is 0 Å². The summed E-state index contributed by atoms with van der Waals surface area (Å²) in [4.78, 5) is 0. The second-order valence-corrected chi connectivity index (χ2v) is 4.83. The van der Waals surface area contributed by atoms with Gasteiger partial charge in [-0.2, -0.15) is 0 Å². The molecule has 0 amide bonds. The number of hydrogen-bond donors (Lipinski definition) is 0. The quantitative estimate of drug-likeness (QED) is 0.619. The van der Waals surface area contributed by atoms with Crippen LogP contribution in [-0.2, 0) is 9.47 Å². The minimum Gasteiger partial charge on any atom is -0.384 e. The molecule has 2 nitrogen and oxygen atoms in total. The van der Waals surface area contributed by atoms with E-state index in [-0.39, 0.29) is 0 Å². The van der Waals surface area contributed by atoms with E-state index in [9.17, 15) is 0 Å². The lowest BCUT2D eigenvalue weighted by Gasteiger charge is -2.32. The molecule has 0 spiro atoms. The molecule has 0 radical (unpaired) electrons. The zero-order valence-corrected chi connectivity index (χ0v) is 11.2. The molecule has 3 unspecified atom stereocenters. The topological polar surface area (TPSA) is 18.5 Å². The van der Waals surface area contributed by atoms with E-state index in [0.717, 1.165) is 6.61 Å². The highest BCUT2D eigenvalue weighted by atomic mass is 16.5. The minimum atomic E-state index is 0.324. The number of rotatable bonds is 8. The van der Waals surface area contributed by atoms with Gasteiger partial charge in [0.1, 0.15) is 0 Å². The fraction of sp³-hybridized carbons (Fsp3) is 1.00. The van der Waals surface area contributed by atoms with Crippen molar-refractivity contribution in [3.63, 3.8) is 0 Å². The first-order valence-electron chi connectivity index (χ1n) is 6.10. The molecular weight excluding hydrogens is 188 g/mol. The zero-order valence-electron chi connectivity index (χ0n) is 11.2. The Kier molecular flexibility index (Phi) is 8.07. The molecule has 0 rings (SSSR count). The largest absolute Gasteiger partial charge is 0.384 e. The number of methoxy groups -OCH3 is 2. The molecule has 3 atom stereocenters. The summed E-state index contributed by atoms with van der Waals surface area (Å²) in [6.45, 7) is 9.79. The highest BCUT2D eigenvalue weighted by Crippen LogP contribution is 2.26. The fourth-order valence-corrected chi connectivity index (χ4v) is 2.31. The van der Waals surface area contributed by atoms with E-state index in [1.54, 1.807) is 7.11 Å². The Morgan fingerprint density at radius 3 is 2.00 bits per heavy atom. The van der Waals surface area contributed by atoms with Crippen molar-refractivity contribution in [2.24, 2.45) is 17.8 Å². The van der Waals surface area contributed by atoms with Gasteiger partial charge in [0.05, 0.1) is 12.7 Å². The summed E-state index contributed by atoms with van der Waals surface area (Å²) in [5.74, 6) is 1.72. The molecule has 0 aromatic heterocycles. The second-order valence-electron chi connectivity index (χ2n) is 4.83. The summed E-state index contributed by atoms with van der Waals surface area (Å²) in [6.07, 6.45) is 2.77. The van der Waals surface area contributed by atoms with E-state index < -0.39 is 0 Å². The molecule has 0 aromatic rings. The third kappa shape index (κ3) is 4.98. The first-order valence-corrected chi connectivity index (χ1v) is 6.10. The Morgan fingerprint density at radius 1 is 1.07 bits per heavy atom. The molecule has 0 aliphatic heterocycles. The predicted molar refractivity (Wildman–Crippen MR) is 65.1 cm³/mol. The van der Waals surface area contributed by atoms with Crippen LogP contribution in [0.15, 0.2) is 0 Å². The van der Waals surface area contributed by atoms with Crippen LogP contribution in [0, 0.1) is 17.8 Å². The molecule has 0 N–H and O–H groups in total. The lowest BCUT2D eigenvalue weighted by atomic mass is 9.83. The van der Waals surface area contributed by atoms with E-state index >= 15 is 0 Å². The third-order valence-corrected chi connectivity index (χ3v) is 3.21. The maximum absolute atomic E-state index is 5.66. The molecule has 0 heterocycles. The van der Waals surface area contributed by atoms with E-state index in [2.05, 4.69) is 27.7 Å². The monoisotopic (exact) mass is 216 g/mol. The van der Waals surface area contributed by atoms with Gasteiger partial charge < -0.3 is 9.47 Å². The minimum absolute atomic E-state index is 0.324. The summed E-state index contributed by atoms with van der Waals surface area (Å²) in [5, 5.41) is 0. The van der Waals surface area contributed by atoms with Gasteiger partial charge in [-0.3, -0.25) is 0 Å². The van der Waals surface area contributed by atoms with Crippen LogP contribution < -0.4 is 0 Å². The molecule has 0 fully saturated rings. The Morgan fingerprint density at radius 2 is 1.67 bits per heavy atom. The summed E-state index contributed by atoms with van der Waals surface area (Å²) in [5.41, 5.74) is 0. The predicted octanol–water partition coefficient (Wildman–Crippen LogP) is 3.36. The highest BCUT2D eigenvalue weighted by molar-refractivity contribution is 4.77. The lowest BCUT2D eigenvalue weighted by Crippen LogP contribution is -2.35. The van der Waals surface area contributed by atoms with Crippen molar-refractivity contribution >= 4 is 0 Å². The first-order chi connectivity index (χ1) is 7.08. The smallest absolute Gasteiger partial charge is 0.0649 e. The Labute approximate surface area is 95.3 Å². The van der Waals surface area contributed by atoms with Crippen molar-refractivity contribution in [3.05, 3.63) is 0 Å². The summed E-state index contributed by atoms with van der Waals surface area (Å²) < 4.78 is 11.0. The summed E-state index contributed by atoms with van der Waals surface area (Å²) in [7, 11) is 3.59. The molecule has 92 valence electrons. The van der Waals surface area contributed by atoms with Gasteiger partial charge in [0.15, 0.2) is 0 Å². The molecule has 0 bridgehead atoms. The van der Waals surface area contributed by atoms with Gasteiger partial charge in [-0.25, -0.2) is 0 Å². The molecule has 2 heteroatoms. The fourth-order valence-electron chi connectivity index (χ4n) is 2.31. The molecule has 0 saturated carbocycles. The standard InChI is InChI=1S/C13H28O2/c1-7-8-11(4)13(15-6)12(9-14-5)10(2)3/h10-13H,7-9H2,1-6H3. The molecule has 0 aromatic carbocycles. The van der Waals surface area contributed by atoms with Gasteiger partial charge in [-0.1, -0.05) is 34.1 Å². The Hall–Kier alpha value is -0.0800. The number of hydrogen-bond acceptors (Lipinski definition) is 2. The van der Waals surface area contributed by atoms with Gasteiger partial charge >= 0.3 is 0 Å². The Bertz CT molecular complexity index is 145. The normalized spacial score (nSPS) is 17.8. The van der Waals surface area contributed by atoms with Crippen molar-refractivity contribution < 1.29 is 9.47 Å². The molecule has 15 heavy (non-hydrogen) atoms. The average molecular weight is 216 g/mol.